The number of hydrogen-bond donors (Lipinski definition) is 1. The van der Waals surface area contributed by atoms with Crippen molar-refractivity contribution in [3.63, 3.8) is 0 Å². The number of nitrogens with one attached hydrogen (secondary N) is 1. The molecule has 12 heteroatoms. The Hall–Kier alpha value is -2.85. The number of rotatable bonds is 6. The minimum atomic E-state index is -6.43. The standard InChI is InChI=1S/C19H13F7N2O2S/c1-10-6-14(31-19(25,26)17(20,21)18(22,23)24)7-11(2)15(10)28-16(30)12-4-3-5-13(8-12)27-9-29/h3-8H,1-2H3,(H,28,30). The van der Waals surface area contributed by atoms with Crippen LogP contribution < -0.4 is 5.32 Å². The fourth-order valence-corrected chi connectivity index (χ4v) is 3.52. The molecular formula is C19H13F7N2O2S. The van der Waals surface area contributed by atoms with Gasteiger partial charge >= 0.3 is 17.4 Å². The molecule has 0 aliphatic heterocycles. The molecule has 0 aliphatic carbocycles. The summed E-state index contributed by atoms with van der Waals surface area (Å²) in [4.78, 5) is 25.6. The molecule has 0 aliphatic rings. The lowest BCUT2D eigenvalue weighted by Gasteiger charge is -2.27. The quantitative estimate of drug-likeness (QED) is 0.232. The summed E-state index contributed by atoms with van der Waals surface area (Å²) >= 11 is -0.926. The molecule has 0 fully saturated rings. The highest BCUT2D eigenvalue weighted by molar-refractivity contribution is 8.00. The van der Waals surface area contributed by atoms with Gasteiger partial charge in [0.15, 0.2) is 0 Å². The number of aliphatic imine (C=N–C) groups is 1. The number of hydrogen-bond acceptors (Lipinski definition) is 4. The topological polar surface area (TPSA) is 58.5 Å². The van der Waals surface area contributed by atoms with Gasteiger partial charge in [0, 0.05) is 16.1 Å². The van der Waals surface area contributed by atoms with E-state index in [-0.39, 0.29) is 28.1 Å². The van der Waals surface area contributed by atoms with Crippen molar-refractivity contribution in [1.82, 2.24) is 0 Å². The van der Waals surface area contributed by atoms with Gasteiger partial charge in [-0.3, -0.25) is 4.79 Å². The molecule has 0 spiro atoms. The minimum Gasteiger partial charge on any atom is -0.322 e. The summed E-state index contributed by atoms with van der Waals surface area (Å²) in [5, 5.41) is -2.95. The van der Waals surface area contributed by atoms with E-state index in [0.29, 0.717) is 0 Å². The number of halogens is 7. The number of nitrogens with zero attached hydrogens (tertiary/aromatic N) is 1. The molecule has 166 valence electrons. The molecule has 0 saturated carbocycles. The second-order valence-corrected chi connectivity index (χ2v) is 7.52. The van der Waals surface area contributed by atoms with Crippen molar-refractivity contribution >= 4 is 35.1 Å². The first-order chi connectivity index (χ1) is 14.2. The molecule has 1 N–H and O–H groups in total. The molecule has 1 amide bonds. The zero-order chi connectivity index (χ0) is 23.6. The van der Waals surface area contributed by atoms with Crippen LogP contribution >= 0.6 is 11.8 Å². The summed E-state index contributed by atoms with van der Waals surface area (Å²) in [5.74, 6) is -6.89. The third kappa shape index (κ3) is 5.26. The molecular weight excluding hydrogens is 453 g/mol. The van der Waals surface area contributed by atoms with Crippen LogP contribution in [0, 0.1) is 13.8 Å². The van der Waals surface area contributed by atoms with Crippen molar-refractivity contribution in [2.24, 2.45) is 4.99 Å². The number of carbonyl (C=O) groups excluding carboxylic acids is 2. The van der Waals surface area contributed by atoms with Crippen molar-refractivity contribution in [3.05, 3.63) is 53.1 Å². The average Bonchev–Trinajstić information content (AvgIpc) is 2.63. The van der Waals surface area contributed by atoms with E-state index in [4.69, 9.17) is 0 Å². The van der Waals surface area contributed by atoms with Crippen LogP contribution in [0.4, 0.5) is 42.1 Å². The fourth-order valence-electron chi connectivity index (χ4n) is 2.51. The first-order valence-electron chi connectivity index (χ1n) is 8.31. The second kappa shape index (κ2) is 8.72. The Labute approximate surface area is 175 Å². The summed E-state index contributed by atoms with van der Waals surface area (Å²) in [7, 11) is 0. The third-order valence-corrected chi connectivity index (χ3v) is 4.98. The number of anilines is 1. The lowest BCUT2D eigenvalue weighted by Crippen LogP contribution is -2.49. The summed E-state index contributed by atoms with van der Waals surface area (Å²) in [5.41, 5.74) is 0.735. The van der Waals surface area contributed by atoms with Gasteiger partial charge in [0.2, 0.25) is 6.08 Å². The van der Waals surface area contributed by atoms with Crippen LogP contribution in [0.5, 0.6) is 0 Å². The lowest BCUT2D eigenvalue weighted by atomic mass is 10.1. The monoisotopic (exact) mass is 466 g/mol. The van der Waals surface area contributed by atoms with E-state index in [1.807, 2.05) is 0 Å². The Kier molecular flexibility index (Phi) is 6.87. The minimum absolute atomic E-state index is 0.102. The zero-order valence-corrected chi connectivity index (χ0v) is 16.6. The van der Waals surface area contributed by atoms with Crippen molar-refractivity contribution in [1.29, 1.82) is 0 Å². The highest BCUT2D eigenvalue weighted by Crippen LogP contribution is 2.54. The van der Waals surface area contributed by atoms with Crippen LogP contribution in [0.25, 0.3) is 0 Å². The van der Waals surface area contributed by atoms with E-state index in [1.54, 1.807) is 0 Å². The molecule has 4 nitrogen and oxygen atoms in total. The number of benzene rings is 2. The number of alkyl halides is 7. The highest BCUT2D eigenvalue weighted by atomic mass is 32.2. The number of amides is 1. The SMILES string of the molecule is Cc1cc(SC(F)(F)C(F)(F)C(F)(F)F)cc(C)c1NC(=O)c1cccc(N=C=O)c1. The highest BCUT2D eigenvalue weighted by Gasteiger charge is 2.73. The van der Waals surface area contributed by atoms with Crippen molar-refractivity contribution in [2.75, 3.05) is 5.32 Å². The maximum absolute atomic E-state index is 13.7. The maximum Gasteiger partial charge on any atom is 0.460 e. The van der Waals surface area contributed by atoms with Gasteiger partial charge in [-0.25, -0.2) is 4.79 Å². The van der Waals surface area contributed by atoms with Crippen LogP contribution in [0.3, 0.4) is 0 Å². The number of isocyanates is 1. The predicted molar refractivity (Wildman–Crippen MR) is 99.9 cm³/mol. The number of aryl methyl sites for hydroxylation is 2. The van der Waals surface area contributed by atoms with E-state index in [1.165, 1.54) is 44.2 Å². The van der Waals surface area contributed by atoms with E-state index in [9.17, 15) is 40.3 Å². The van der Waals surface area contributed by atoms with Crippen LogP contribution in [0.15, 0.2) is 46.3 Å². The van der Waals surface area contributed by atoms with Gasteiger partial charge in [0.1, 0.15) is 0 Å². The van der Waals surface area contributed by atoms with Gasteiger partial charge in [-0.15, -0.1) is 0 Å². The van der Waals surface area contributed by atoms with Gasteiger partial charge in [-0.1, -0.05) is 6.07 Å². The lowest BCUT2D eigenvalue weighted by molar-refractivity contribution is -0.330. The van der Waals surface area contributed by atoms with Crippen LogP contribution in [-0.2, 0) is 4.79 Å². The maximum atomic E-state index is 13.7. The molecule has 0 saturated heterocycles. The Morgan fingerprint density at radius 3 is 2.10 bits per heavy atom. The van der Waals surface area contributed by atoms with Gasteiger partial charge in [0.05, 0.1) is 5.69 Å². The molecule has 0 aromatic heterocycles. The molecule has 0 radical (unpaired) electrons. The first-order valence-corrected chi connectivity index (χ1v) is 9.13. The molecule has 2 aromatic carbocycles. The third-order valence-electron chi connectivity index (χ3n) is 4.00. The smallest absolute Gasteiger partial charge is 0.322 e. The van der Waals surface area contributed by atoms with Crippen molar-refractivity contribution in [2.45, 2.75) is 36.1 Å². The Balaban J connectivity index is 2.29. The molecule has 0 heterocycles. The van der Waals surface area contributed by atoms with Gasteiger partial charge in [0.25, 0.3) is 5.91 Å². The summed E-state index contributed by atoms with van der Waals surface area (Å²) in [6.45, 7) is 2.72. The van der Waals surface area contributed by atoms with Crippen LogP contribution in [0.2, 0.25) is 0 Å². The molecule has 2 rings (SSSR count). The molecule has 0 atom stereocenters. The summed E-state index contributed by atoms with van der Waals surface area (Å²) in [6, 6.07) is 7.51. The van der Waals surface area contributed by atoms with Gasteiger partial charge < -0.3 is 5.32 Å². The van der Waals surface area contributed by atoms with E-state index >= 15 is 0 Å². The van der Waals surface area contributed by atoms with Gasteiger partial charge in [-0.05, 0) is 67.1 Å². The van der Waals surface area contributed by atoms with E-state index in [2.05, 4.69) is 10.3 Å². The molecule has 0 bridgehead atoms. The van der Waals surface area contributed by atoms with Crippen molar-refractivity contribution in [3.8, 4) is 0 Å². The Morgan fingerprint density at radius 1 is 1.00 bits per heavy atom. The van der Waals surface area contributed by atoms with Crippen LogP contribution in [-0.4, -0.2) is 29.3 Å². The molecule has 31 heavy (non-hydrogen) atoms. The first kappa shape index (κ1) is 24.4. The Bertz CT molecular complexity index is 1020. The van der Waals surface area contributed by atoms with Crippen molar-refractivity contribution < 1.29 is 40.3 Å². The largest absolute Gasteiger partial charge is 0.460 e. The molecule has 2 aromatic rings. The fraction of sp³-hybridized carbons (Fsp3) is 0.263. The van der Waals surface area contributed by atoms with Crippen LogP contribution in [0.1, 0.15) is 21.5 Å². The normalized spacial score (nSPS) is 12.3. The number of carbonyl (C=O) groups is 1. The van der Waals surface area contributed by atoms with Gasteiger partial charge in [-0.2, -0.15) is 35.7 Å². The second-order valence-electron chi connectivity index (χ2n) is 6.33. The van der Waals surface area contributed by atoms with E-state index < -0.39 is 39.9 Å². The zero-order valence-electron chi connectivity index (χ0n) is 15.8. The average molecular weight is 466 g/mol. The Morgan fingerprint density at radius 2 is 1.58 bits per heavy atom. The summed E-state index contributed by atoms with van der Waals surface area (Å²) in [6.07, 6.45) is -5.11. The van der Waals surface area contributed by atoms with E-state index in [0.717, 1.165) is 12.1 Å². The predicted octanol–water partition coefficient (Wildman–Crippen LogP) is 6.41. The molecule has 0 unspecified atom stereocenters. The number of thioether (sulfide) groups is 1. The summed E-state index contributed by atoms with van der Waals surface area (Å²) < 4.78 is 90.6.